The molecule has 5 heteroatoms. The molecule has 1 aromatic rings. The zero-order valence-corrected chi connectivity index (χ0v) is 15.6. The van der Waals surface area contributed by atoms with Gasteiger partial charge in [-0.05, 0) is 37.5 Å². The van der Waals surface area contributed by atoms with Crippen molar-refractivity contribution in [1.29, 1.82) is 5.26 Å². The number of nitrogens with zero attached hydrogens (tertiary/aromatic N) is 1. The van der Waals surface area contributed by atoms with E-state index in [1.54, 1.807) is 11.8 Å². The van der Waals surface area contributed by atoms with E-state index in [4.69, 9.17) is 4.74 Å². The molecule has 1 N–H and O–H groups in total. The van der Waals surface area contributed by atoms with Gasteiger partial charge in [0.15, 0.2) is 0 Å². The second kappa shape index (κ2) is 8.77. The second-order valence-corrected chi connectivity index (χ2v) is 7.23. The van der Waals surface area contributed by atoms with Gasteiger partial charge in [0.05, 0.1) is 23.3 Å². The summed E-state index contributed by atoms with van der Waals surface area (Å²) in [4.78, 5) is 12.2. The maximum atomic E-state index is 12.2. The first-order chi connectivity index (χ1) is 12.7. The summed E-state index contributed by atoms with van der Waals surface area (Å²) < 4.78 is 5.48. The normalized spacial score (nSPS) is 19.6. The molecule has 0 saturated carbocycles. The SMILES string of the molecule is CCOc1ccc(C2CC(=O)NC(SCC3=CC=CCC3)=C2C#N)cc1. The van der Waals surface area contributed by atoms with Gasteiger partial charge in [-0.3, -0.25) is 4.79 Å². The Balaban J connectivity index is 1.82. The van der Waals surface area contributed by atoms with E-state index < -0.39 is 0 Å². The van der Waals surface area contributed by atoms with Crippen LogP contribution in [0.25, 0.3) is 0 Å². The summed E-state index contributed by atoms with van der Waals surface area (Å²) in [7, 11) is 0. The molecule has 0 spiro atoms. The molecular weight excluding hydrogens is 344 g/mol. The number of thioether (sulfide) groups is 1. The number of amides is 1. The van der Waals surface area contributed by atoms with Crippen molar-refractivity contribution >= 4 is 17.7 Å². The quantitative estimate of drug-likeness (QED) is 0.809. The molecule has 0 bridgehead atoms. The fourth-order valence-corrected chi connectivity index (χ4v) is 4.22. The van der Waals surface area contributed by atoms with Gasteiger partial charge in [0.1, 0.15) is 5.75 Å². The largest absolute Gasteiger partial charge is 0.494 e. The summed E-state index contributed by atoms with van der Waals surface area (Å²) in [6.45, 7) is 2.55. The molecule has 1 aliphatic heterocycles. The fourth-order valence-electron chi connectivity index (χ4n) is 3.12. The first-order valence-electron chi connectivity index (χ1n) is 8.85. The Morgan fingerprint density at radius 2 is 2.15 bits per heavy atom. The zero-order valence-electron chi connectivity index (χ0n) is 14.8. The predicted molar refractivity (Wildman–Crippen MR) is 105 cm³/mol. The fraction of sp³-hybridized carbons (Fsp3) is 0.333. The maximum Gasteiger partial charge on any atom is 0.225 e. The number of nitriles is 1. The van der Waals surface area contributed by atoms with Gasteiger partial charge in [0.25, 0.3) is 0 Å². The molecule has 2 aliphatic rings. The first kappa shape index (κ1) is 18.3. The number of ether oxygens (including phenoxy) is 1. The van der Waals surface area contributed by atoms with E-state index >= 15 is 0 Å². The third kappa shape index (κ3) is 4.39. The lowest BCUT2D eigenvalue weighted by Gasteiger charge is -2.25. The van der Waals surface area contributed by atoms with Crippen molar-refractivity contribution in [3.8, 4) is 11.8 Å². The lowest BCUT2D eigenvalue weighted by molar-refractivity contribution is -0.120. The number of carbonyl (C=O) groups excluding carboxylic acids is 1. The lowest BCUT2D eigenvalue weighted by Crippen LogP contribution is -2.31. The van der Waals surface area contributed by atoms with Crippen LogP contribution >= 0.6 is 11.8 Å². The predicted octanol–water partition coefficient (Wildman–Crippen LogP) is 4.43. The minimum absolute atomic E-state index is 0.0390. The maximum absolute atomic E-state index is 12.2. The molecule has 1 aromatic carbocycles. The third-order valence-corrected chi connectivity index (χ3v) is 5.58. The highest BCUT2D eigenvalue weighted by Gasteiger charge is 2.29. The molecule has 0 fully saturated rings. The number of nitrogens with one attached hydrogen (secondary N) is 1. The molecule has 134 valence electrons. The van der Waals surface area contributed by atoms with Crippen molar-refractivity contribution in [2.45, 2.75) is 32.1 Å². The van der Waals surface area contributed by atoms with Gasteiger partial charge in [-0.25, -0.2) is 0 Å². The summed E-state index contributed by atoms with van der Waals surface area (Å²) in [5, 5.41) is 13.3. The molecular formula is C21H22N2O2S. The molecule has 1 atom stereocenters. The monoisotopic (exact) mass is 366 g/mol. The van der Waals surface area contributed by atoms with Crippen molar-refractivity contribution in [2.75, 3.05) is 12.4 Å². The van der Waals surface area contributed by atoms with Crippen LogP contribution in [0.3, 0.4) is 0 Å². The van der Waals surface area contributed by atoms with Crippen LogP contribution in [0.4, 0.5) is 0 Å². The minimum Gasteiger partial charge on any atom is -0.494 e. The van der Waals surface area contributed by atoms with Crippen molar-refractivity contribution in [2.24, 2.45) is 0 Å². The molecule has 1 aliphatic carbocycles. The van der Waals surface area contributed by atoms with Crippen LogP contribution in [-0.4, -0.2) is 18.3 Å². The topological polar surface area (TPSA) is 62.1 Å². The summed E-state index contributed by atoms with van der Waals surface area (Å²) >= 11 is 1.55. The Labute approximate surface area is 158 Å². The molecule has 4 nitrogen and oxygen atoms in total. The summed E-state index contributed by atoms with van der Waals surface area (Å²) in [5.41, 5.74) is 2.95. The van der Waals surface area contributed by atoms with Gasteiger partial charge in [-0.2, -0.15) is 5.26 Å². The molecule has 3 rings (SSSR count). The van der Waals surface area contributed by atoms with Crippen LogP contribution in [0.15, 0.2) is 58.7 Å². The van der Waals surface area contributed by atoms with Crippen LogP contribution in [-0.2, 0) is 4.79 Å². The van der Waals surface area contributed by atoms with E-state index in [0.717, 1.165) is 29.9 Å². The Morgan fingerprint density at radius 1 is 1.35 bits per heavy atom. The van der Waals surface area contributed by atoms with E-state index in [9.17, 15) is 10.1 Å². The van der Waals surface area contributed by atoms with Crippen LogP contribution in [0, 0.1) is 11.3 Å². The van der Waals surface area contributed by atoms with Crippen molar-refractivity contribution in [1.82, 2.24) is 5.32 Å². The van der Waals surface area contributed by atoms with Crippen LogP contribution < -0.4 is 10.1 Å². The van der Waals surface area contributed by atoms with E-state index in [2.05, 4.69) is 29.6 Å². The second-order valence-electron chi connectivity index (χ2n) is 6.24. The lowest BCUT2D eigenvalue weighted by atomic mass is 9.87. The molecule has 1 amide bonds. The van der Waals surface area contributed by atoms with Crippen molar-refractivity contribution in [3.05, 3.63) is 64.2 Å². The number of rotatable bonds is 6. The van der Waals surface area contributed by atoms with Gasteiger partial charge in [0, 0.05) is 18.1 Å². The number of benzene rings is 1. The van der Waals surface area contributed by atoms with E-state index in [1.807, 2.05) is 31.2 Å². The van der Waals surface area contributed by atoms with Crippen LogP contribution in [0.1, 0.15) is 37.7 Å². The highest BCUT2D eigenvalue weighted by Crippen LogP contribution is 2.37. The van der Waals surface area contributed by atoms with E-state index in [-0.39, 0.29) is 11.8 Å². The molecule has 0 aromatic heterocycles. The van der Waals surface area contributed by atoms with Gasteiger partial charge in [0.2, 0.25) is 5.91 Å². The van der Waals surface area contributed by atoms with Gasteiger partial charge < -0.3 is 10.1 Å². The van der Waals surface area contributed by atoms with Crippen LogP contribution in [0.5, 0.6) is 5.75 Å². The molecule has 26 heavy (non-hydrogen) atoms. The highest BCUT2D eigenvalue weighted by molar-refractivity contribution is 8.03. The van der Waals surface area contributed by atoms with Crippen LogP contribution in [0.2, 0.25) is 0 Å². The van der Waals surface area contributed by atoms with Gasteiger partial charge >= 0.3 is 0 Å². The van der Waals surface area contributed by atoms with E-state index in [1.165, 1.54) is 5.57 Å². The van der Waals surface area contributed by atoms with Gasteiger partial charge in [-0.15, -0.1) is 11.8 Å². The average Bonchev–Trinajstić information content (AvgIpc) is 2.67. The Hall–Kier alpha value is -2.45. The number of allylic oxidation sites excluding steroid dienone is 4. The van der Waals surface area contributed by atoms with Crippen molar-refractivity contribution in [3.63, 3.8) is 0 Å². The zero-order chi connectivity index (χ0) is 18.4. The average molecular weight is 366 g/mol. The Bertz CT molecular complexity index is 800. The summed E-state index contributed by atoms with van der Waals surface area (Å²) in [5.74, 6) is 1.35. The molecule has 1 heterocycles. The minimum atomic E-state index is -0.202. The Morgan fingerprint density at radius 3 is 2.81 bits per heavy atom. The molecule has 0 saturated heterocycles. The van der Waals surface area contributed by atoms with Crippen molar-refractivity contribution < 1.29 is 9.53 Å². The standard InChI is InChI=1S/C21H22N2O2S/c1-2-25-17-10-8-16(9-11-17)18-12-20(24)23-21(19(18)13-22)26-14-15-6-4-3-5-7-15/h3-4,6,8-11,18H,2,5,7,12,14H2,1H3,(H,23,24). The molecule has 1 unspecified atom stereocenters. The molecule has 0 radical (unpaired) electrons. The third-order valence-electron chi connectivity index (χ3n) is 4.45. The number of hydrogen-bond acceptors (Lipinski definition) is 4. The Kier molecular flexibility index (Phi) is 6.19. The number of hydrogen-bond donors (Lipinski definition) is 1. The summed E-state index contributed by atoms with van der Waals surface area (Å²) in [6, 6.07) is 10.0. The van der Waals surface area contributed by atoms with Gasteiger partial charge in [-0.1, -0.05) is 35.9 Å². The highest BCUT2D eigenvalue weighted by atomic mass is 32.2. The van der Waals surface area contributed by atoms with E-state index in [0.29, 0.717) is 23.6 Å². The smallest absolute Gasteiger partial charge is 0.225 e. The summed E-state index contributed by atoms with van der Waals surface area (Å²) in [6.07, 6.45) is 8.73. The first-order valence-corrected chi connectivity index (χ1v) is 9.84. The number of carbonyl (C=O) groups is 1.